The molecule has 3 aliphatic heterocycles. The lowest BCUT2D eigenvalue weighted by molar-refractivity contribution is -0.0225. The molecule has 0 radical (unpaired) electrons. The third-order valence-corrected chi connectivity index (χ3v) is 8.42. The molecule has 0 aromatic carbocycles. The van der Waals surface area contributed by atoms with Gasteiger partial charge in [-0.3, -0.25) is 4.90 Å². The van der Waals surface area contributed by atoms with Gasteiger partial charge in [0.2, 0.25) is 5.88 Å². The molecule has 3 fully saturated rings. The van der Waals surface area contributed by atoms with Gasteiger partial charge >= 0.3 is 0 Å². The van der Waals surface area contributed by atoms with Crippen LogP contribution in [0.1, 0.15) is 19.3 Å². The molecule has 0 aliphatic carbocycles. The van der Waals surface area contributed by atoms with E-state index in [1.165, 1.54) is 0 Å². The van der Waals surface area contributed by atoms with Gasteiger partial charge in [-0.25, -0.2) is 13.4 Å². The molecule has 4 heterocycles. The van der Waals surface area contributed by atoms with Gasteiger partial charge < -0.3 is 9.47 Å². The quantitative estimate of drug-likeness (QED) is 0.809. The molecule has 3 saturated heterocycles. The fourth-order valence-corrected chi connectivity index (χ4v) is 6.70. The van der Waals surface area contributed by atoms with Crippen molar-refractivity contribution in [3.8, 4) is 5.88 Å². The monoisotopic (exact) mass is 352 g/mol. The highest BCUT2D eigenvalue weighted by Gasteiger charge is 2.62. The summed E-state index contributed by atoms with van der Waals surface area (Å²) in [7, 11) is -3.05. The van der Waals surface area contributed by atoms with E-state index in [-0.39, 0.29) is 11.7 Å². The maximum Gasteiger partial charge on any atom is 0.213 e. The average molecular weight is 352 g/mol. The lowest BCUT2D eigenvalue weighted by Gasteiger charge is -2.53. The Morgan fingerprint density at radius 3 is 2.75 bits per heavy atom. The number of aromatic nitrogens is 1. The van der Waals surface area contributed by atoms with Crippen LogP contribution in [0.3, 0.4) is 0 Å². The third kappa shape index (κ3) is 2.72. The zero-order valence-electron chi connectivity index (χ0n) is 13.8. The van der Waals surface area contributed by atoms with Crippen LogP contribution in [0, 0.1) is 5.92 Å². The Bertz CT molecular complexity index is 667. The topological polar surface area (TPSA) is 68.7 Å². The molecule has 3 aliphatic rings. The van der Waals surface area contributed by atoms with Crippen molar-refractivity contribution in [1.29, 1.82) is 0 Å². The normalized spacial score (nSPS) is 29.4. The Hall–Kier alpha value is -1.18. The van der Waals surface area contributed by atoms with Crippen LogP contribution < -0.4 is 4.74 Å². The standard InChI is InChI=1S/C17H24N2O4S/c20-24(21)10-6-14(11-23-16-3-1-2-7-18-16)17(24)12-19(13-17)15-4-8-22-9-5-15/h1-3,7,14-15H,4-6,8-13H2/t14-/m0/s1. The molecule has 1 spiro atoms. The maximum absolute atomic E-state index is 12.7. The zero-order chi connectivity index (χ0) is 16.6. The summed E-state index contributed by atoms with van der Waals surface area (Å²) < 4.78 is 36.0. The van der Waals surface area contributed by atoms with E-state index in [1.54, 1.807) is 6.20 Å². The molecule has 0 amide bonds. The largest absolute Gasteiger partial charge is 0.477 e. The molecule has 7 heteroatoms. The molecule has 4 rings (SSSR count). The van der Waals surface area contributed by atoms with E-state index in [9.17, 15) is 8.42 Å². The molecular formula is C17H24N2O4S. The average Bonchev–Trinajstić information content (AvgIpc) is 2.84. The Morgan fingerprint density at radius 1 is 1.25 bits per heavy atom. The molecule has 132 valence electrons. The Morgan fingerprint density at radius 2 is 2.04 bits per heavy atom. The Labute approximate surface area is 143 Å². The number of likely N-dealkylation sites (tertiary alicyclic amines) is 1. The SMILES string of the molecule is O=S1(=O)CC[C@@H](COc2ccccn2)C12CN(C1CCOCC1)C2. The zero-order valence-corrected chi connectivity index (χ0v) is 14.6. The Balaban J connectivity index is 1.43. The van der Waals surface area contributed by atoms with E-state index in [1.807, 2.05) is 18.2 Å². The second-order valence-electron chi connectivity index (χ2n) is 7.10. The molecule has 0 unspecified atom stereocenters. The van der Waals surface area contributed by atoms with Crippen molar-refractivity contribution in [1.82, 2.24) is 9.88 Å². The maximum atomic E-state index is 12.7. The summed E-state index contributed by atoms with van der Waals surface area (Å²) in [5.74, 6) is 0.906. The number of sulfone groups is 1. The third-order valence-electron chi connectivity index (χ3n) is 5.82. The molecule has 0 saturated carbocycles. The van der Waals surface area contributed by atoms with Crippen LogP contribution in [-0.4, -0.2) is 67.8 Å². The summed E-state index contributed by atoms with van der Waals surface area (Å²) >= 11 is 0. The van der Waals surface area contributed by atoms with E-state index < -0.39 is 14.6 Å². The van der Waals surface area contributed by atoms with Crippen molar-refractivity contribution in [2.75, 3.05) is 38.7 Å². The second-order valence-corrected chi connectivity index (χ2v) is 9.55. The predicted octanol–water partition coefficient (Wildman–Crippen LogP) is 1.13. The van der Waals surface area contributed by atoms with Crippen molar-refractivity contribution in [3.05, 3.63) is 24.4 Å². The van der Waals surface area contributed by atoms with Crippen LogP contribution in [0.5, 0.6) is 5.88 Å². The molecule has 0 bridgehead atoms. The number of hydrogen-bond donors (Lipinski definition) is 0. The number of hydrogen-bond acceptors (Lipinski definition) is 6. The van der Waals surface area contributed by atoms with Crippen molar-refractivity contribution in [3.63, 3.8) is 0 Å². The fraction of sp³-hybridized carbons (Fsp3) is 0.706. The minimum Gasteiger partial charge on any atom is -0.477 e. The number of nitrogens with zero attached hydrogens (tertiary/aromatic N) is 2. The summed E-state index contributed by atoms with van der Waals surface area (Å²) in [6.45, 7) is 3.30. The van der Waals surface area contributed by atoms with Gasteiger partial charge in [-0.15, -0.1) is 0 Å². The van der Waals surface area contributed by atoms with E-state index in [0.29, 0.717) is 38.0 Å². The smallest absolute Gasteiger partial charge is 0.213 e. The first-order valence-corrected chi connectivity index (χ1v) is 10.3. The van der Waals surface area contributed by atoms with Gasteiger partial charge in [0, 0.05) is 50.5 Å². The summed E-state index contributed by atoms with van der Waals surface area (Å²) in [5, 5.41) is 0. The van der Waals surface area contributed by atoms with E-state index in [0.717, 1.165) is 26.1 Å². The Kier molecular flexibility index (Phi) is 4.26. The molecule has 0 N–H and O–H groups in total. The summed E-state index contributed by atoms with van der Waals surface area (Å²) in [6.07, 6.45) is 4.39. The van der Waals surface area contributed by atoms with Crippen molar-refractivity contribution in [2.45, 2.75) is 30.1 Å². The van der Waals surface area contributed by atoms with Crippen molar-refractivity contribution >= 4 is 9.84 Å². The van der Waals surface area contributed by atoms with E-state index in [4.69, 9.17) is 9.47 Å². The van der Waals surface area contributed by atoms with Gasteiger partial charge in [0.25, 0.3) is 0 Å². The van der Waals surface area contributed by atoms with Gasteiger partial charge in [0.15, 0.2) is 9.84 Å². The van der Waals surface area contributed by atoms with Crippen LogP contribution in [0.2, 0.25) is 0 Å². The van der Waals surface area contributed by atoms with Crippen molar-refractivity contribution in [2.24, 2.45) is 5.92 Å². The lowest BCUT2D eigenvalue weighted by Crippen LogP contribution is -2.70. The second kappa shape index (κ2) is 6.28. The van der Waals surface area contributed by atoms with Gasteiger partial charge in [0.05, 0.1) is 12.4 Å². The molecule has 24 heavy (non-hydrogen) atoms. The number of pyridine rings is 1. The van der Waals surface area contributed by atoms with E-state index in [2.05, 4.69) is 9.88 Å². The van der Waals surface area contributed by atoms with Crippen LogP contribution in [0.25, 0.3) is 0 Å². The van der Waals surface area contributed by atoms with Gasteiger partial charge in [-0.1, -0.05) is 6.07 Å². The first-order valence-electron chi connectivity index (χ1n) is 8.69. The summed E-state index contributed by atoms with van der Waals surface area (Å²) in [6, 6.07) is 5.99. The molecule has 6 nitrogen and oxygen atoms in total. The highest BCUT2D eigenvalue weighted by atomic mass is 32.2. The number of ether oxygens (including phenoxy) is 2. The first kappa shape index (κ1) is 16.3. The van der Waals surface area contributed by atoms with Crippen LogP contribution >= 0.6 is 0 Å². The van der Waals surface area contributed by atoms with Crippen LogP contribution in [0.4, 0.5) is 0 Å². The highest BCUT2D eigenvalue weighted by Crippen LogP contribution is 2.46. The highest BCUT2D eigenvalue weighted by molar-refractivity contribution is 7.93. The van der Waals surface area contributed by atoms with Gasteiger partial charge in [-0.2, -0.15) is 0 Å². The molecule has 1 atom stereocenters. The molecular weight excluding hydrogens is 328 g/mol. The minimum absolute atomic E-state index is 0.0561. The van der Waals surface area contributed by atoms with Gasteiger partial charge in [0.1, 0.15) is 4.75 Å². The van der Waals surface area contributed by atoms with Crippen LogP contribution in [-0.2, 0) is 14.6 Å². The summed E-state index contributed by atoms with van der Waals surface area (Å²) in [4.78, 5) is 6.49. The number of rotatable bonds is 4. The first-order chi connectivity index (χ1) is 11.6. The van der Waals surface area contributed by atoms with Crippen molar-refractivity contribution < 1.29 is 17.9 Å². The molecule has 1 aromatic rings. The predicted molar refractivity (Wildman–Crippen MR) is 89.8 cm³/mol. The van der Waals surface area contributed by atoms with Gasteiger partial charge in [-0.05, 0) is 25.3 Å². The minimum atomic E-state index is -3.05. The summed E-state index contributed by atoms with van der Waals surface area (Å²) in [5.41, 5.74) is 0. The lowest BCUT2D eigenvalue weighted by atomic mass is 9.82. The molecule has 1 aromatic heterocycles. The van der Waals surface area contributed by atoms with Crippen LogP contribution in [0.15, 0.2) is 24.4 Å². The van der Waals surface area contributed by atoms with E-state index >= 15 is 0 Å². The fourth-order valence-electron chi connectivity index (χ4n) is 4.28.